The van der Waals surface area contributed by atoms with Gasteiger partial charge in [0.25, 0.3) is 0 Å². The van der Waals surface area contributed by atoms with Crippen molar-refractivity contribution in [2.24, 2.45) is 0 Å². The summed E-state index contributed by atoms with van der Waals surface area (Å²) < 4.78 is 14.7. The maximum Gasteiger partial charge on any atom is 0.331 e. The van der Waals surface area contributed by atoms with Gasteiger partial charge in [0, 0.05) is 7.11 Å². The number of hydrogen-bond acceptors (Lipinski definition) is 2. The predicted molar refractivity (Wildman–Crippen MR) is 31.9 cm³/mol. The normalized spacial score (nSPS) is 17.2. The van der Waals surface area contributed by atoms with Gasteiger partial charge in [-0.3, -0.25) is 4.57 Å². The van der Waals surface area contributed by atoms with Gasteiger partial charge >= 0.3 is 7.60 Å². The van der Waals surface area contributed by atoms with E-state index < -0.39 is 7.60 Å². The quantitative estimate of drug-likeness (QED) is 0.465. The molecule has 1 unspecified atom stereocenters. The summed E-state index contributed by atoms with van der Waals surface area (Å²) in [7, 11) is -2.09. The Morgan fingerprint density at radius 3 is 2.62 bits per heavy atom. The van der Waals surface area contributed by atoms with Crippen molar-refractivity contribution in [1.29, 1.82) is 0 Å². The molecule has 0 amide bonds. The first-order chi connectivity index (χ1) is 3.62. The lowest BCUT2D eigenvalue weighted by Gasteiger charge is -2.02. The Morgan fingerprint density at radius 2 is 2.50 bits per heavy atom. The molecule has 48 valence electrons. The zero-order valence-corrected chi connectivity index (χ0v) is 5.60. The Hall–Kier alpha value is -0.110. The molecule has 1 atom stereocenters. The van der Waals surface area contributed by atoms with Crippen LogP contribution in [-0.2, 0) is 9.09 Å². The van der Waals surface area contributed by atoms with Crippen molar-refractivity contribution in [3.05, 3.63) is 12.7 Å². The Kier molecular flexibility index (Phi) is 2.98. The van der Waals surface area contributed by atoms with Crippen molar-refractivity contribution in [1.82, 2.24) is 0 Å². The molecule has 0 rings (SSSR count). The van der Waals surface area contributed by atoms with Gasteiger partial charge in [-0.25, -0.2) is 0 Å². The Morgan fingerprint density at radius 1 is 2.00 bits per heavy atom. The molecule has 0 aliphatic heterocycles. The van der Waals surface area contributed by atoms with E-state index in [1.165, 1.54) is 13.2 Å². The minimum Gasteiger partial charge on any atom is -0.324 e. The van der Waals surface area contributed by atoms with Gasteiger partial charge in [0.05, 0.1) is 6.16 Å². The molecule has 0 aliphatic rings. The zero-order valence-electron chi connectivity index (χ0n) is 4.70. The molecule has 0 saturated heterocycles. The van der Waals surface area contributed by atoms with Crippen LogP contribution in [-0.4, -0.2) is 18.2 Å². The summed E-state index contributed by atoms with van der Waals surface area (Å²) in [5.74, 6) is 0. The highest BCUT2D eigenvalue weighted by molar-refractivity contribution is 7.52. The van der Waals surface area contributed by atoms with Crippen molar-refractivity contribution >= 4 is 7.60 Å². The van der Waals surface area contributed by atoms with Crippen LogP contribution in [0, 0.1) is 0 Å². The molecule has 0 bridgehead atoms. The molecule has 0 aromatic rings. The summed E-state index contributed by atoms with van der Waals surface area (Å²) in [5, 5.41) is 0. The van der Waals surface area contributed by atoms with E-state index in [2.05, 4.69) is 11.1 Å². The third-order valence-corrected chi connectivity index (χ3v) is 1.94. The number of rotatable bonds is 3. The van der Waals surface area contributed by atoms with Gasteiger partial charge in [-0.1, -0.05) is 6.08 Å². The lowest BCUT2D eigenvalue weighted by molar-refractivity contribution is 0.319. The van der Waals surface area contributed by atoms with Crippen molar-refractivity contribution in [3.63, 3.8) is 0 Å². The van der Waals surface area contributed by atoms with E-state index in [0.29, 0.717) is 0 Å². The Bertz CT molecular complexity index is 120. The Labute approximate surface area is 48.5 Å². The summed E-state index contributed by atoms with van der Waals surface area (Å²) in [5.41, 5.74) is 0. The standard InChI is InChI=1S/C4H9O3P/c1-3-4-8(5,6)7-2/h3H,1,4H2,2H3,(H,5,6). The second-order valence-corrected chi connectivity index (χ2v) is 3.30. The van der Waals surface area contributed by atoms with Gasteiger partial charge in [0.1, 0.15) is 0 Å². The highest BCUT2D eigenvalue weighted by Gasteiger charge is 2.12. The smallest absolute Gasteiger partial charge is 0.324 e. The summed E-state index contributed by atoms with van der Waals surface area (Å²) >= 11 is 0. The van der Waals surface area contributed by atoms with Gasteiger partial charge in [-0.15, -0.1) is 6.58 Å². The van der Waals surface area contributed by atoms with Crippen LogP contribution in [0.3, 0.4) is 0 Å². The average Bonchev–Trinajstić information content (AvgIpc) is 1.67. The fraction of sp³-hybridized carbons (Fsp3) is 0.500. The summed E-state index contributed by atoms with van der Waals surface area (Å²) in [6.07, 6.45) is 1.37. The second-order valence-electron chi connectivity index (χ2n) is 1.29. The van der Waals surface area contributed by atoms with Gasteiger partial charge < -0.3 is 9.42 Å². The molecule has 1 N–H and O–H groups in total. The van der Waals surface area contributed by atoms with E-state index in [1.54, 1.807) is 0 Å². The van der Waals surface area contributed by atoms with Crippen LogP contribution in [0.15, 0.2) is 12.7 Å². The topological polar surface area (TPSA) is 46.5 Å². The van der Waals surface area contributed by atoms with Crippen LogP contribution in [0.4, 0.5) is 0 Å². The van der Waals surface area contributed by atoms with E-state index in [0.717, 1.165) is 0 Å². The zero-order chi connectivity index (χ0) is 6.62. The first kappa shape index (κ1) is 7.89. The summed E-state index contributed by atoms with van der Waals surface area (Å²) in [6.45, 7) is 3.28. The first-order valence-electron chi connectivity index (χ1n) is 2.11. The van der Waals surface area contributed by atoms with Crippen molar-refractivity contribution < 1.29 is 14.0 Å². The Balaban J connectivity index is 3.72. The fourth-order valence-electron chi connectivity index (χ4n) is 0.238. The minimum absolute atomic E-state index is 0.0174. The predicted octanol–water partition coefficient (Wildman–Crippen LogP) is 1.00. The minimum atomic E-state index is -3.29. The molecular formula is C4H9O3P. The van der Waals surface area contributed by atoms with Crippen LogP contribution in [0.1, 0.15) is 0 Å². The van der Waals surface area contributed by atoms with Gasteiger partial charge in [0.15, 0.2) is 0 Å². The van der Waals surface area contributed by atoms with E-state index in [-0.39, 0.29) is 6.16 Å². The van der Waals surface area contributed by atoms with Crippen molar-refractivity contribution in [2.45, 2.75) is 0 Å². The fourth-order valence-corrected chi connectivity index (χ4v) is 0.713. The summed E-state index contributed by atoms with van der Waals surface area (Å²) in [4.78, 5) is 8.59. The third kappa shape index (κ3) is 2.97. The second kappa shape index (κ2) is 3.02. The van der Waals surface area contributed by atoms with Gasteiger partial charge in [0.2, 0.25) is 0 Å². The van der Waals surface area contributed by atoms with Crippen LogP contribution in [0.5, 0.6) is 0 Å². The molecule has 0 fully saturated rings. The number of hydrogen-bond donors (Lipinski definition) is 1. The molecule has 0 radical (unpaired) electrons. The van der Waals surface area contributed by atoms with Gasteiger partial charge in [-0.2, -0.15) is 0 Å². The molecule has 3 nitrogen and oxygen atoms in total. The van der Waals surface area contributed by atoms with Crippen molar-refractivity contribution in [2.75, 3.05) is 13.3 Å². The van der Waals surface area contributed by atoms with E-state index >= 15 is 0 Å². The molecule has 0 aromatic carbocycles. The van der Waals surface area contributed by atoms with Crippen LogP contribution in [0.25, 0.3) is 0 Å². The lowest BCUT2D eigenvalue weighted by atomic mass is 10.8. The highest BCUT2D eigenvalue weighted by atomic mass is 31.2. The van der Waals surface area contributed by atoms with Crippen LogP contribution in [0.2, 0.25) is 0 Å². The molecule has 0 aliphatic carbocycles. The summed E-state index contributed by atoms with van der Waals surface area (Å²) in [6, 6.07) is 0. The van der Waals surface area contributed by atoms with Crippen molar-refractivity contribution in [3.8, 4) is 0 Å². The molecule has 0 spiro atoms. The highest BCUT2D eigenvalue weighted by Crippen LogP contribution is 2.39. The number of allylic oxidation sites excluding steroid dienone is 1. The molecule has 0 heterocycles. The third-order valence-electron chi connectivity index (χ3n) is 0.645. The molecule has 0 aromatic heterocycles. The average molecular weight is 136 g/mol. The lowest BCUT2D eigenvalue weighted by Crippen LogP contribution is -1.85. The first-order valence-corrected chi connectivity index (χ1v) is 3.87. The van der Waals surface area contributed by atoms with E-state index in [1.807, 2.05) is 0 Å². The molecule has 4 heteroatoms. The van der Waals surface area contributed by atoms with E-state index in [9.17, 15) is 4.57 Å². The van der Waals surface area contributed by atoms with Crippen LogP contribution >= 0.6 is 7.60 Å². The maximum absolute atomic E-state index is 10.4. The van der Waals surface area contributed by atoms with Crippen LogP contribution < -0.4 is 0 Å². The van der Waals surface area contributed by atoms with E-state index in [4.69, 9.17) is 4.89 Å². The molecule has 0 saturated carbocycles. The molecular weight excluding hydrogens is 127 g/mol. The van der Waals surface area contributed by atoms with Gasteiger partial charge in [-0.05, 0) is 0 Å². The monoisotopic (exact) mass is 136 g/mol. The largest absolute Gasteiger partial charge is 0.331 e. The SMILES string of the molecule is C=CCP(=O)(O)OC. The maximum atomic E-state index is 10.4. The molecule has 8 heavy (non-hydrogen) atoms.